The summed E-state index contributed by atoms with van der Waals surface area (Å²) in [5.74, 6) is 0.201. The first-order chi connectivity index (χ1) is 19.4. The molecule has 10 heteroatoms. The zero-order valence-corrected chi connectivity index (χ0v) is 22.4. The fourth-order valence-corrected chi connectivity index (χ4v) is 5.53. The van der Waals surface area contributed by atoms with Crippen LogP contribution in [0.2, 0.25) is 0 Å². The molecule has 0 fully saturated rings. The number of nitriles is 1. The number of nitrogens with zero attached hydrogens (tertiary/aromatic N) is 3. The molecule has 1 aliphatic heterocycles. The zero-order valence-electron chi connectivity index (χ0n) is 21.6. The van der Waals surface area contributed by atoms with Crippen LogP contribution >= 0.6 is 11.3 Å². The summed E-state index contributed by atoms with van der Waals surface area (Å²) in [5, 5.41) is 22.1. The molecule has 200 valence electrons. The molecule has 9 nitrogen and oxygen atoms in total. The van der Waals surface area contributed by atoms with Gasteiger partial charge < -0.3 is 19.9 Å². The molecule has 40 heavy (non-hydrogen) atoms. The molecule has 0 radical (unpaired) electrons. The second-order valence-corrected chi connectivity index (χ2v) is 9.83. The fourth-order valence-electron chi connectivity index (χ4n) is 4.49. The van der Waals surface area contributed by atoms with Crippen molar-refractivity contribution in [1.82, 2.24) is 4.57 Å². The Hall–Kier alpha value is -5.14. The number of fused-ring (bicyclic) bond motifs is 1. The van der Waals surface area contributed by atoms with E-state index in [4.69, 9.17) is 14.7 Å². The number of aromatic nitrogens is 1. The minimum absolute atomic E-state index is 0.0661. The van der Waals surface area contributed by atoms with Gasteiger partial charge in [-0.15, -0.1) is 0 Å². The van der Waals surface area contributed by atoms with Gasteiger partial charge >= 0.3 is 0 Å². The van der Waals surface area contributed by atoms with Gasteiger partial charge in [0.25, 0.3) is 11.5 Å². The molecule has 0 spiro atoms. The number of aromatic hydroxyl groups is 1. The SMILES string of the molecule is COc1cc([C@@H]2C(C(=O)Nc3ccccc3)=C(C)N=c3s/c(=C\c4ccccc4OCC#N)c(=O)n32)ccc1O. The van der Waals surface area contributed by atoms with Crippen LogP contribution in [-0.4, -0.2) is 29.3 Å². The summed E-state index contributed by atoms with van der Waals surface area (Å²) in [7, 11) is 1.43. The molecule has 1 amide bonds. The zero-order chi connectivity index (χ0) is 28.2. The van der Waals surface area contributed by atoms with Crippen LogP contribution in [0.15, 0.2) is 93.9 Å². The molecule has 1 aromatic heterocycles. The predicted octanol–water partition coefficient (Wildman–Crippen LogP) is 3.49. The number of carbonyl (C=O) groups is 1. The van der Waals surface area contributed by atoms with E-state index in [1.807, 2.05) is 30.3 Å². The molecule has 4 aromatic rings. The Balaban J connectivity index is 1.69. The second kappa shape index (κ2) is 11.3. The summed E-state index contributed by atoms with van der Waals surface area (Å²) >= 11 is 1.18. The molecule has 1 atom stereocenters. The highest BCUT2D eigenvalue weighted by molar-refractivity contribution is 7.07. The molecule has 3 aromatic carbocycles. The second-order valence-electron chi connectivity index (χ2n) is 8.82. The normalized spacial score (nSPS) is 14.6. The number of benzene rings is 3. The Kier molecular flexibility index (Phi) is 7.48. The van der Waals surface area contributed by atoms with Gasteiger partial charge in [-0.2, -0.15) is 5.26 Å². The fraction of sp³-hybridized carbons (Fsp3) is 0.133. The van der Waals surface area contributed by atoms with Crippen LogP contribution in [0.4, 0.5) is 5.69 Å². The number of allylic oxidation sites excluding steroid dienone is 1. The number of para-hydroxylation sites is 2. The lowest BCUT2D eigenvalue weighted by Crippen LogP contribution is -2.40. The number of anilines is 1. The van der Waals surface area contributed by atoms with Gasteiger partial charge in [0.2, 0.25) is 0 Å². The number of ether oxygens (including phenoxy) is 2. The van der Waals surface area contributed by atoms with E-state index in [1.54, 1.807) is 55.5 Å². The number of nitrogens with one attached hydrogen (secondary N) is 1. The Morgan fingerprint density at radius 1 is 1.15 bits per heavy atom. The highest BCUT2D eigenvalue weighted by atomic mass is 32.1. The first-order valence-corrected chi connectivity index (χ1v) is 13.1. The average Bonchev–Trinajstić information content (AvgIpc) is 3.26. The van der Waals surface area contributed by atoms with Crippen LogP contribution in [0, 0.1) is 11.3 Å². The molecule has 2 N–H and O–H groups in total. The van der Waals surface area contributed by atoms with E-state index in [9.17, 15) is 14.7 Å². The van der Waals surface area contributed by atoms with E-state index in [0.29, 0.717) is 37.6 Å². The van der Waals surface area contributed by atoms with Crippen LogP contribution in [0.3, 0.4) is 0 Å². The molecular formula is C30H24N4O5S. The lowest BCUT2D eigenvalue weighted by atomic mass is 9.94. The van der Waals surface area contributed by atoms with E-state index in [2.05, 4.69) is 10.3 Å². The van der Waals surface area contributed by atoms with Crippen LogP contribution in [0.1, 0.15) is 24.1 Å². The lowest BCUT2D eigenvalue weighted by Gasteiger charge is -2.25. The van der Waals surface area contributed by atoms with Crippen molar-refractivity contribution in [3.05, 3.63) is 115 Å². The molecular weight excluding hydrogens is 528 g/mol. The van der Waals surface area contributed by atoms with Crippen molar-refractivity contribution in [1.29, 1.82) is 5.26 Å². The number of methoxy groups -OCH3 is 1. The highest BCUT2D eigenvalue weighted by Gasteiger charge is 2.33. The maximum absolute atomic E-state index is 13.9. The summed E-state index contributed by atoms with van der Waals surface area (Å²) in [5.41, 5.74) is 2.18. The molecule has 0 saturated carbocycles. The van der Waals surface area contributed by atoms with Gasteiger partial charge in [-0.05, 0) is 48.9 Å². The van der Waals surface area contributed by atoms with Crippen molar-refractivity contribution < 1.29 is 19.4 Å². The number of phenolic OH excluding ortho intramolecular Hbond substituents is 1. The largest absolute Gasteiger partial charge is 0.504 e. The van der Waals surface area contributed by atoms with Crippen LogP contribution < -0.4 is 29.7 Å². The minimum Gasteiger partial charge on any atom is -0.504 e. The number of thiazole rings is 1. The molecule has 0 bridgehead atoms. The number of phenols is 1. The Morgan fingerprint density at radius 3 is 2.65 bits per heavy atom. The Labute approximate surface area is 233 Å². The van der Waals surface area contributed by atoms with Crippen molar-refractivity contribution in [3.8, 4) is 23.3 Å². The number of amides is 1. The van der Waals surface area contributed by atoms with Crippen molar-refractivity contribution in [2.24, 2.45) is 4.99 Å². The Morgan fingerprint density at radius 2 is 1.90 bits per heavy atom. The molecule has 1 aliphatic rings. The molecule has 0 saturated heterocycles. The third-order valence-corrected chi connectivity index (χ3v) is 7.30. The maximum atomic E-state index is 13.9. The van der Waals surface area contributed by atoms with Crippen molar-refractivity contribution in [2.45, 2.75) is 13.0 Å². The topological polar surface area (TPSA) is 126 Å². The van der Waals surface area contributed by atoms with Crippen LogP contribution in [0.25, 0.3) is 6.08 Å². The van der Waals surface area contributed by atoms with E-state index in [-0.39, 0.29) is 29.2 Å². The van der Waals surface area contributed by atoms with E-state index in [1.165, 1.54) is 29.1 Å². The maximum Gasteiger partial charge on any atom is 0.271 e. The molecule has 0 aliphatic carbocycles. The molecule has 5 rings (SSSR count). The minimum atomic E-state index is -0.846. The van der Waals surface area contributed by atoms with Crippen molar-refractivity contribution >= 4 is 29.0 Å². The third-order valence-electron chi connectivity index (χ3n) is 6.32. The van der Waals surface area contributed by atoms with Gasteiger partial charge in [0, 0.05) is 11.3 Å². The first-order valence-electron chi connectivity index (χ1n) is 12.3. The highest BCUT2D eigenvalue weighted by Crippen LogP contribution is 2.35. The van der Waals surface area contributed by atoms with Crippen LogP contribution in [0.5, 0.6) is 17.2 Å². The number of hydrogen-bond donors (Lipinski definition) is 2. The van der Waals surface area contributed by atoms with E-state index < -0.39 is 11.9 Å². The first kappa shape index (κ1) is 26.5. The molecule has 0 unspecified atom stereocenters. The third kappa shape index (κ3) is 5.10. The van der Waals surface area contributed by atoms with E-state index >= 15 is 0 Å². The lowest BCUT2D eigenvalue weighted by molar-refractivity contribution is -0.113. The average molecular weight is 553 g/mol. The summed E-state index contributed by atoms with van der Waals surface area (Å²) < 4.78 is 12.7. The summed E-state index contributed by atoms with van der Waals surface area (Å²) in [4.78, 5) is 32.7. The quantitative estimate of drug-likeness (QED) is 0.362. The Bertz CT molecular complexity index is 1850. The van der Waals surface area contributed by atoms with Gasteiger partial charge in [0.05, 0.1) is 29.0 Å². The van der Waals surface area contributed by atoms with Gasteiger partial charge in [-0.1, -0.05) is 53.8 Å². The van der Waals surface area contributed by atoms with Gasteiger partial charge in [-0.3, -0.25) is 14.2 Å². The van der Waals surface area contributed by atoms with Crippen molar-refractivity contribution in [3.63, 3.8) is 0 Å². The summed E-state index contributed by atoms with van der Waals surface area (Å²) in [6.45, 7) is 1.60. The molecule has 2 heterocycles. The monoisotopic (exact) mass is 552 g/mol. The van der Waals surface area contributed by atoms with Crippen LogP contribution in [-0.2, 0) is 4.79 Å². The number of carbonyl (C=O) groups excluding carboxylic acids is 1. The predicted molar refractivity (Wildman–Crippen MR) is 151 cm³/mol. The van der Waals surface area contributed by atoms with Gasteiger partial charge in [-0.25, -0.2) is 4.99 Å². The number of hydrogen-bond acceptors (Lipinski definition) is 8. The van der Waals surface area contributed by atoms with E-state index in [0.717, 1.165) is 0 Å². The summed E-state index contributed by atoms with van der Waals surface area (Å²) in [6, 6.07) is 21.9. The van der Waals surface area contributed by atoms with Gasteiger partial charge in [0.1, 0.15) is 11.8 Å². The van der Waals surface area contributed by atoms with Crippen molar-refractivity contribution in [2.75, 3.05) is 19.0 Å². The standard InChI is InChI=1S/C30H24N4O5S/c1-18-26(28(36)33-21-9-4-3-5-10-21)27(20-12-13-22(35)24(16-20)38-2)34-29(37)25(40-30(34)32-18)17-19-8-6-7-11-23(19)39-15-14-31/h3-13,16-17,27,35H,15H2,1-2H3,(H,33,36)/b25-17-/t27-/m1/s1. The number of rotatable bonds is 7. The van der Waals surface area contributed by atoms with Gasteiger partial charge in [0.15, 0.2) is 22.9 Å². The smallest absolute Gasteiger partial charge is 0.271 e. The summed E-state index contributed by atoms with van der Waals surface area (Å²) in [6.07, 6.45) is 1.69.